The van der Waals surface area contributed by atoms with E-state index < -0.39 is 17.4 Å². The average Bonchev–Trinajstić information content (AvgIpc) is 3.06. The van der Waals surface area contributed by atoms with Crippen LogP contribution >= 0.6 is 0 Å². The molecule has 0 unspecified atom stereocenters. The molecule has 0 radical (unpaired) electrons. The van der Waals surface area contributed by atoms with E-state index in [9.17, 15) is 14.7 Å². The molecule has 0 spiro atoms. The summed E-state index contributed by atoms with van der Waals surface area (Å²) < 4.78 is 0. The highest BCUT2D eigenvalue weighted by Crippen LogP contribution is 2.63. The van der Waals surface area contributed by atoms with Gasteiger partial charge in [-0.2, -0.15) is 0 Å². The summed E-state index contributed by atoms with van der Waals surface area (Å²) in [5.41, 5.74) is 2.83. The smallest absolute Gasteiger partial charge is 0.237 e. The minimum atomic E-state index is -1.50. The Morgan fingerprint density at radius 1 is 0.800 bits per heavy atom. The van der Waals surface area contributed by atoms with Crippen LogP contribution in [0.25, 0.3) is 0 Å². The van der Waals surface area contributed by atoms with Crippen molar-refractivity contribution in [2.24, 2.45) is 11.8 Å². The zero-order valence-electron chi connectivity index (χ0n) is 16.5. The fraction of sp³-hybridized carbons (Fsp3) is 0.231. The van der Waals surface area contributed by atoms with Gasteiger partial charge in [-0.15, -0.1) is 0 Å². The molecule has 4 aliphatic rings. The van der Waals surface area contributed by atoms with Crippen LogP contribution in [0.15, 0.2) is 78.9 Å². The highest BCUT2D eigenvalue weighted by Gasteiger charge is 2.68. The van der Waals surface area contributed by atoms with Crippen molar-refractivity contribution in [3.05, 3.63) is 107 Å². The first-order valence-electron chi connectivity index (χ1n) is 10.4. The van der Waals surface area contributed by atoms with E-state index in [0.29, 0.717) is 0 Å². The van der Waals surface area contributed by atoms with Crippen LogP contribution in [0.3, 0.4) is 0 Å². The molecule has 3 atom stereocenters. The predicted molar refractivity (Wildman–Crippen MR) is 111 cm³/mol. The molecule has 7 rings (SSSR count). The summed E-state index contributed by atoms with van der Waals surface area (Å²) >= 11 is 0. The molecule has 1 heterocycles. The third kappa shape index (κ3) is 1.95. The molecule has 3 aliphatic carbocycles. The highest BCUT2D eigenvalue weighted by atomic mass is 16.3. The van der Waals surface area contributed by atoms with Crippen LogP contribution in [-0.2, 0) is 15.2 Å². The Hall–Kier alpha value is -3.24. The van der Waals surface area contributed by atoms with Gasteiger partial charge in [0.2, 0.25) is 11.8 Å². The van der Waals surface area contributed by atoms with Gasteiger partial charge in [-0.25, -0.2) is 0 Å². The van der Waals surface area contributed by atoms with E-state index in [1.807, 2.05) is 85.8 Å². The van der Waals surface area contributed by atoms with Crippen molar-refractivity contribution in [1.29, 1.82) is 0 Å². The van der Waals surface area contributed by atoms with Gasteiger partial charge in [0.05, 0.1) is 17.9 Å². The van der Waals surface area contributed by atoms with Gasteiger partial charge in [0, 0.05) is 5.92 Å². The van der Waals surface area contributed by atoms with Gasteiger partial charge in [-0.05, 0) is 34.7 Å². The van der Waals surface area contributed by atoms with E-state index in [0.717, 1.165) is 27.8 Å². The van der Waals surface area contributed by atoms with Crippen molar-refractivity contribution in [3.63, 3.8) is 0 Å². The topological polar surface area (TPSA) is 57.6 Å². The summed E-state index contributed by atoms with van der Waals surface area (Å²) in [4.78, 5) is 28.8. The number of carbonyl (C=O) groups is 2. The van der Waals surface area contributed by atoms with Crippen LogP contribution in [0.4, 0.5) is 0 Å². The van der Waals surface area contributed by atoms with Crippen molar-refractivity contribution >= 4 is 11.8 Å². The number of rotatable bonds is 2. The molecule has 2 amide bonds. The molecule has 4 heteroatoms. The minimum absolute atomic E-state index is 0.186. The van der Waals surface area contributed by atoms with Crippen molar-refractivity contribution in [2.45, 2.75) is 24.5 Å². The quantitative estimate of drug-likeness (QED) is 0.673. The van der Waals surface area contributed by atoms with Crippen molar-refractivity contribution < 1.29 is 14.7 Å². The Morgan fingerprint density at radius 3 is 1.93 bits per heavy atom. The van der Waals surface area contributed by atoms with Crippen molar-refractivity contribution in [2.75, 3.05) is 0 Å². The van der Waals surface area contributed by atoms with Gasteiger partial charge in [0.1, 0.15) is 5.60 Å². The number of hydrogen-bond donors (Lipinski definition) is 1. The number of aliphatic hydroxyl groups is 1. The molecule has 2 bridgehead atoms. The van der Waals surface area contributed by atoms with E-state index in [1.165, 1.54) is 4.90 Å². The maximum absolute atomic E-state index is 13.7. The monoisotopic (exact) mass is 395 g/mol. The molecule has 1 N–H and O–H groups in total. The first-order valence-corrected chi connectivity index (χ1v) is 10.4. The molecular formula is C26H21NO3. The summed E-state index contributed by atoms with van der Waals surface area (Å²) in [6, 6.07) is 24.6. The summed E-state index contributed by atoms with van der Waals surface area (Å²) in [6.45, 7) is 1.88. The SMILES string of the molecule is C[C@@H](c1ccccc1)N1C(=O)[C@@H]2C3c4ccccc4C(O)(c4ccccc43)[C@@H]2C1=O. The standard InChI is InChI=1S/C26H21NO3/c1-15(16-9-3-2-4-10-16)27-24(28)22-21-17-11-5-7-13-19(17)26(30,23(22)25(27)29)20-14-8-6-12-18(20)21/h2-15,21-23,30H,1H3/t15-,21?,22+,23-,26?/m0/s1. The molecule has 1 aliphatic heterocycles. The molecule has 148 valence electrons. The van der Waals surface area contributed by atoms with Gasteiger partial charge < -0.3 is 5.11 Å². The normalized spacial score (nSPS) is 29.4. The fourth-order valence-electron chi connectivity index (χ4n) is 6.02. The van der Waals surface area contributed by atoms with Gasteiger partial charge in [0.15, 0.2) is 0 Å². The molecule has 1 fully saturated rings. The summed E-state index contributed by atoms with van der Waals surface area (Å²) in [5.74, 6) is -2.07. The van der Waals surface area contributed by atoms with Gasteiger partial charge in [-0.3, -0.25) is 14.5 Å². The van der Waals surface area contributed by atoms with Gasteiger partial charge >= 0.3 is 0 Å². The summed E-state index contributed by atoms with van der Waals surface area (Å²) in [5, 5.41) is 12.2. The third-order valence-electron chi connectivity index (χ3n) is 7.28. The number of nitrogens with zero attached hydrogens (tertiary/aromatic N) is 1. The average molecular weight is 395 g/mol. The molecule has 3 aromatic rings. The van der Waals surface area contributed by atoms with Crippen LogP contribution < -0.4 is 0 Å². The Bertz CT molecular complexity index is 1150. The molecule has 30 heavy (non-hydrogen) atoms. The third-order valence-corrected chi connectivity index (χ3v) is 7.28. The van der Waals surface area contributed by atoms with E-state index in [1.54, 1.807) is 0 Å². The lowest BCUT2D eigenvalue weighted by atomic mass is 9.52. The van der Waals surface area contributed by atoms with E-state index >= 15 is 0 Å². The van der Waals surface area contributed by atoms with Crippen molar-refractivity contribution in [3.8, 4) is 0 Å². The van der Waals surface area contributed by atoms with E-state index in [-0.39, 0.29) is 23.8 Å². The van der Waals surface area contributed by atoms with Crippen LogP contribution in [0.1, 0.15) is 46.7 Å². The second-order valence-electron chi connectivity index (χ2n) is 8.56. The number of amides is 2. The van der Waals surface area contributed by atoms with E-state index in [4.69, 9.17) is 0 Å². The van der Waals surface area contributed by atoms with Crippen LogP contribution in [-0.4, -0.2) is 21.8 Å². The lowest BCUT2D eigenvalue weighted by Crippen LogP contribution is -2.53. The Balaban J connectivity index is 1.57. The first-order chi connectivity index (χ1) is 14.5. The maximum atomic E-state index is 13.7. The molecular weight excluding hydrogens is 374 g/mol. The fourth-order valence-corrected chi connectivity index (χ4v) is 6.02. The summed E-state index contributed by atoms with van der Waals surface area (Å²) in [6.07, 6.45) is 0. The number of hydrogen-bond acceptors (Lipinski definition) is 3. The number of benzene rings is 3. The zero-order chi connectivity index (χ0) is 20.6. The van der Waals surface area contributed by atoms with Crippen LogP contribution in [0.2, 0.25) is 0 Å². The lowest BCUT2D eigenvalue weighted by molar-refractivity contribution is -0.144. The minimum Gasteiger partial charge on any atom is -0.379 e. The van der Waals surface area contributed by atoms with Crippen LogP contribution in [0, 0.1) is 11.8 Å². The Kier molecular flexibility index (Phi) is 3.46. The molecule has 0 aromatic heterocycles. The zero-order valence-corrected chi connectivity index (χ0v) is 16.5. The maximum Gasteiger partial charge on any atom is 0.237 e. The van der Waals surface area contributed by atoms with Gasteiger partial charge in [-0.1, -0.05) is 78.9 Å². The lowest BCUT2D eigenvalue weighted by Gasteiger charge is -2.51. The largest absolute Gasteiger partial charge is 0.379 e. The predicted octanol–water partition coefficient (Wildman–Crippen LogP) is 3.74. The van der Waals surface area contributed by atoms with E-state index in [2.05, 4.69) is 0 Å². The van der Waals surface area contributed by atoms with Crippen LogP contribution in [0.5, 0.6) is 0 Å². The van der Waals surface area contributed by atoms with Gasteiger partial charge in [0.25, 0.3) is 0 Å². The molecule has 3 aromatic carbocycles. The summed E-state index contributed by atoms with van der Waals surface area (Å²) in [7, 11) is 0. The number of likely N-dealkylation sites (tertiary alicyclic amines) is 1. The highest BCUT2D eigenvalue weighted by molar-refractivity contribution is 6.08. The number of imide groups is 1. The Morgan fingerprint density at radius 2 is 1.33 bits per heavy atom. The molecule has 0 saturated carbocycles. The van der Waals surface area contributed by atoms with Crippen molar-refractivity contribution in [1.82, 2.24) is 4.90 Å². The molecule has 1 saturated heterocycles. The number of carbonyl (C=O) groups excluding carboxylic acids is 2. The second-order valence-corrected chi connectivity index (χ2v) is 8.56. The molecule has 4 nitrogen and oxygen atoms in total. The Labute approximate surface area is 174 Å². The first kappa shape index (κ1) is 17.6. The second kappa shape index (κ2) is 5.89.